The van der Waals surface area contributed by atoms with E-state index in [0.717, 1.165) is 16.9 Å². The fraction of sp³-hybridized carbons (Fsp3) is 0.0417. The molecular formula is C24H19FN4O. The highest BCUT2D eigenvalue weighted by Crippen LogP contribution is 2.22. The van der Waals surface area contributed by atoms with Gasteiger partial charge in [-0.25, -0.2) is 14.4 Å². The molecule has 1 aromatic heterocycles. The van der Waals surface area contributed by atoms with Crippen LogP contribution < -0.4 is 10.6 Å². The fourth-order valence-corrected chi connectivity index (χ4v) is 2.93. The van der Waals surface area contributed by atoms with Gasteiger partial charge in [0.15, 0.2) is 0 Å². The van der Waals surface area contributed by atoms with Crippen LogP contribution in [0.2, 0.25) is 0 Å². The Balaban J connectivity index is 1.50. The number of nitrogens with zero attached hydrogens (tertiary/aromatic N) is 2. The number of hydrogen-bond acceptors (Lipinski definition) is 4. The molecule has 4 rings (SSSR count). The topological polar surface area (TPSA) is 66.9 Å². The molecule has 0 saturated heterocycles. The predicted molar refractivity (Wildman–Crippen MR) is 116 cm³/mol. The lowest BCUT2D eigenvalue weighted by atomic mass is 10.1. The zero-order valence-corrected chi connectivity index (χ0v) is 16.3. The molecule has 0 fully saturated rings. The van der Waals surface area contributed by atoms with E-state index in [9.17, 15) is 9.18 Å². The summed E-state index contributed by atoms with van der Waals surface area (Å²) >= 11 is 0. The van der Waals surface area contributed by atoms with Gasteiger partial charge in [0, 0.05) is 28.6 Å². The summed E-state index contributed by atoms with van der Waals surface area (Å²) in [6.45, 7) is 2.04. The van der Waals surface area contributed by atoms with Crippen LogP contribution in [-0.2, 0) is 0 Å². The molecule has 0 bridgehead atoms. The quantitative estimate of drug-likeness (QED) is 0.460. The molecule has 0 unspecified atom stereocenters. The van der Waals surface area contributed by atoms with Crippen molar-refractivity contribution in [2.75, 3.05) is 10.6 Å². The minimum atomic E-state index is -0.353. The van der Waals surface area contributed by atoms with Gasteiger partial charge in [-0.2, -0.15) is 0 Å². The maximum Gasteiger partial charge on any atom is 0.255 e. The van der Waals surface area contributed by atoms with Crippen LogP contribution in [0.3, 0.4) is 0 Å². The van der Waals surface area contributed by atoms with Crippen LogP contribution in [0.4, 0.5) is 21.6 Å². The minimum absolute atomic E-state index is 0.284. The van der Waals surface area contributed by atoms with Crippen LogP contribution in [0.25, 0.3) is 11.3 Å². The maximum atomic E-state index is 13.0. The van der Waals surface area contributed by atoms with Crippen LogP contribution in [0.5, 0.6) is 0 Å². The molecule has 2 N–H and O–H groups in total. The molecule has 0 spiro atoms. The van der Waals surface area contributed by atoms with Crippen LogP contribution in [0, 0.1) is 12.7 Å². The van der Waals surface area contributed by atoms with Crippen LogP contribution in [0.15, 0.2) is 85.2 Å². The van der Waals surface area contributed by atoms with E-state index < -0.39 is 0 Å². The predicted octanol–water partition coefficient (Wildman–Crippen LogP) is 5.59. The second-order valence-corrected chi connectivity index (χ2v) is 6.82. The summed E-state index contributed by atoms with van der Waals surface area (Å²) in [6, 6.07) is 22.7. The average Bonchev–Trinajstić information content (AvgIpc) is 2.76. The number of carbonyl (C=O) groups excluding carboxylic acids is 1. The molecule has 4 aromatic rings. The molecule has 0 radical (unpaired) electrons. The van der Waals surface area contributed by atoms with Gasteiger partial charge >= 0.3 is 0 Å². The first-order valence-corrected chi connectivity index (χ1v) is 9.40. The van der Waals surface area contributed by atoms with Gasteiger partial charge in [-0.05, 0) is 49.4 Å². The Labute approximate surface area is 173 Å². The number of carbonyl (C=O) groups is 1. The lowest BCUT2D eigenvalue weighted by Crippen LogP contribution is -2.12. The standard InChI is InChI=1S/C24H19FN4O/c1-16-5-7-17(8-6-16)22-14-23(27-15-26-22)28-21-4-2-3-18(13-21)24(30)29-20-11-9-19(25)10-12-20/h2-15H,1H3,(H,29,30)(H,26,27,28). The summed E-state index contributed by atoms with van der Waals surface area (Å²) in [4.78, 5) is 21.1. The molecule has 30 heavy (non-hydrogen) atoms. The van der Waals surface area contributed by atoms with Crippen LogP contribution in [-0.4, -0.2) is 15.9 Å². The average molecular weight is 398 g/mol. The van der Waals surface area contributed by atoms with Gasteiger partial charge in [0.2, 0.25) is 0 Å². The number of benzene rings is 3. The summed E-state index contributed by atoms with van der Waals surface area (Å²) < 4.78 is 13.0. The van der Waals surface area contributed by atoms with Crippen molar-refractivity contribution in [2.24, 2.45) is 0 Å². The number of anilines is 3. The van der Waals surface area contributed by atoms with E-state index in [2.05, 4.69) is 20.6 Å². The number of aryl methyl sites for hydroxylation is 1. The van der Waals surface area contributed by atoms with Crippen molar-refractivity contribution < 1.29 is 9.18 Å². The van der Waals surface area contributed by atoms with Gasteiger partial charge in [-0.3, -0.25) is 4.79 Å². The Kier molecular flexibility index (Phi) is 5.48. The summed E-state index contributed by atoms with van der Waals surface area (Å²) in [5, 5.41) is 5.96. The first-order valence-electron chi connectivity index (χ1n) is 9.40. The number of amides is 1. The third kappa shape index (κ3) is 4.67. The van der Waals surface area contributed by atoms with Crippen molar-refractivity contribution in [3.8, 4) is 11.3 Å². The molecule has 1 heterocycles. The highest BCUT2D eigenvalue weighted by molar-refractivity contribution is 6.04. The number of aromatic nitrogens is 2. The number of nitrogens with one attached hydrogen (secondary N) is 2. The van der Waals surface area contributed by atoms with E-state index in [0.29, 0.717) is 17.1 Å². The van der Waals surface area contributed by atoms with E-state index in [4.69, 9.17) is 0 Å². The van der Waals surface area contributed by atoms with E-state index in [1.54, 1.807) is 18.2 Å². The van der Waals surface area contributed by atoms with Gasteiger partial charge in [-0.1, -0.05) is 35.9 Å². The van der Waals surface area contributed by atoms with Crippen LogP contribution >= 0.6 is 0 Å². The smallest absolute Gasteiger partial charge is 0.255 e. The van der Waals surface area contributed by atoms with Gasteiger partial charge in [0.25, 0.3) is 5.91 Å². The molecule has 0 aliphatic carbocycles. The second-order valence-electron chi connectivity index (χ2n) is 6.82. The lowest BCUT2D eigenvalue weighted by Gasteiger charge is -2.10. The fourth-order valence-electron chi connectivity index (χ4n) is 2.93. The molecule has 0 aliphatic heterocycles. The minimum Gasteiger partial charge on any atom is -0.340 e. The molecule has 148 valence electrons. The zero-order chi connectivity index (χ0) is 20.9. The monoisotopic (exact) mass is 398 g/mol. The highest BCUT2D eigenvalue weighted by atomic mass is 19.1. The van der Waals surface area contributed by atoms with Crippen molar-refractivity contribution >= 4 is 23.1 Å². The molecule has 0 saturated carbocycles. The Hall–Kier alpha value is -4.06. The summed E-state index contributed by atoms with van der Waals surface area (Å²) in [5.41, 5.74) is 4.70. The SMILES string of the molecule is Cc1ccc(-c2cc(Nc3cccc(C(=O)Nc4ccc(F)cc4)c3)ncn2)cc1. The first kappa shape index (κ1) is 19.3. The Bertz CT molecular complexity index is 1170. The molecule has 0 atom stereocenters. The second kappa shape index (κ2) is 8.53. The van der Waals surface area contributed by atoms with Gasteiger partial charge in [0.05, 0.1) is 5.69 Å². The molecule has 6 heteroatoms. The third-order valence-corrected chi connectivity index (χ3v) is 4.51. The lowest BCUT2D eigenvalue weighted by molar-refractivity contribution is 0.102. The van der Waals surface area contributed by atoms with E-state index in [-0.39, 0.29) is 11.7 Å². The molecule has 3 aromatic carbocycles. The van der Waals surface area contributed by atoms with Crippen LogP contribution in [0.1, 0.15) is 15.9 Å². The molecular weight excluding hydrogens is 379 g/mol. The van der Waals surface area contributed by atoms with E-state index in [1.807, 2.05) is 43.3 Å². The van der Waals surface area contributed by atoms with Gasteiger partial charge in [-0.15, -0.1) is 0 Å². The zero-order valence-electron chi connectivity index (χ0n) is 16.3. The van der Waals surface area contributed by atoms with Crippen molar-refractivity contribution in [1.82, 2.24) is 9.97 Å². The van der Waals surface area contributed by atoms with E-state index >= 15 is 0 Å². The van der Waals surface area contributed by atoms with Crippen molar-refractivity contribution in [3.63, 3.8) is 0 Å². The third-order valence-electron chi connectivity index (χ3n) is 4.51. The Morgan fingerprint density at radius 1 is 0.867 bits per heavy atom. The Morgan fingerprint density at radius 2 is 1.63 bits per heavy atom. The number of hydrogen-bond donors (Lipinski definition) is 2. The van der Waals surface area contributed by atoms with E-state index in [1.165, 1.54) is 36.2 Å². The van der Waals surface area contributed by atoms with Crippen molar-refractivity contribution in [1.29, 1.82) is 0 Å². The molecule has 5 nitrogen and oxygen atoms in total. The van der Waals surface area contributed by atoms with Crippen molar-refractivity contribution in [2.45, 2.75) is 6.92 Å². The van der Waals surface area contributed by atoms with Crippen molar-refractivity contribution in [3.05, 3.63) is 102 Å². The van der Waals surface area contributed by atoms with Gasteiger partial charge < -0.3 is 10.6 Å². The number of halogens is 1. The molecule has 0 aliphatic rings. The highest BCUT2D eigenvalue weighted by Gasteiger charge is 2.08. The summed E-state index contributed by atoms with van der Waals surface area (Å²) in [5.74, 6) is -0.0148. The molecule has 1 amide bonds. The number of rotatable bonds is 5. The first-order chi connectivity index (χ1) is 14.6. The summed E-state index contributed by atoms with van der Waals surface area (Å²) in [6.07, 6.45) is 1.50. The normalized spacial score (nSPS) is 10.5. The Morgan fingerprint density at radius 3 is 2.40 bits per heavy atom. The van der Waals surface area contributed by atoms with Gasteiger partial charge in [0.1, 0.15) is 18.0 Å². The summed E-state index contributed by atoms with van der Waals surface area (Å²) in [7, 11) is 0. The largest absolute Gasteiger partial charge is 0.340 e. The maximum absolute atomic E-state index is 13.0.